The van der Waals surface area contributed by atoms with Gasteiger partial charge in [0, 0.05) is 31.3 Å². The number of phenolic OH excluding ortho intramolecular Hbond substituents is 1. The van der Waals surface area contributed by atoms with Crippen LogP contribution in [0.4, 0.5) is 5.82 Å². The van der Waals surface area contributed by atoms with Crippen LogP contribution in [0, 0.1) is 6.92 Å². The van der Waals surface area contributed by atoms with Gasteiger partial charge < -0.3 is 26.2 Å². The minimum atomic E-state index is 0.0526. The molecule has 3 rings (SSSR count). The number of hydrazone groups is 1. The zero-order valence-electron chi connectivity index (χ0n) is 15.3. The molecule has 0 spiro atoms. The minimum Gasteiger partial charge on any atom is -0.507 e. The predicted molar refractivity (Wildman–Crippen MR) is 102 cm³/mol. The SMILES string of the molecule is Cc1ccc(O)c(C(=NN)c2cc(N)nc(OCCN3CCOCC3)n2)c1. The number of nitrogens with zero attached hydrogens (tertiary/aromatic N) is 4. The molecule has 2 aromatic rings. The van der Waals surface area contributed by atoms with Crippen molar-refractivity contribution < 1.29 is 14.6 Å². The maximum absolute atomic E-state index is 10.2. The van der Waals surface area contributed by atoms with Gasteiger partial charge in [-0.05, 0) is 19.1 Å². The lowest BCUT2D eigenvalue weighted by molar-refractivity contribution is 0.0317. The quantitative estimate of drug-likeness (QED) is 0.379. The number of aryl methyl sites for hydroxylation is 1. The first-order chi connectivity index (χ1) is 13.1. The molecule has 0 aliphatic carbocycles. The van der Waals surface area contributed by atoms with Crippen LogP contribution in [-0.2, 0) is 4.74 Å². The number of anilines is 1. The van der Waals surface area contributed by atoms with Crippen molar-refractivity contribution in [2.24, 2.45) is 10.9 Å². The molecule has 1 aliphatic heterocycles. The third-order valence-corrected chi connectivity index (χ3v) is 4.25. The zero-order chi connectivity index (χ0) is 19.2. The van der Waals surface area contributed by atoms with Crippen molar-refractivity contribution in [1.29, 1.82) is 0 Å². The molecule has 144 valence electrons. The first kappa shape index (κ1) is 18.9. The van der Waals surface area contributed by atoms with E-state index in [1.165, 1.54) is 0 Å². The van der Waals surface area contributed by atoms with Gasteiger partial charge in [-0.2, -0.15) is 15.1 Å². The van der Waals surface area contributed by atoms with Gasteiger partial charge in [-0.3, -0.25) is 4.90 Å². The molecule has 0 radical (unpaired) electrons. The highest BCUT2D eigenvalue weighted by Gasteiger charge is 2.16. The molecule has 9 nitrogen and oxygen atoms in total. The summed E-state index contributed by atoms with van der Waals surface area (Å²) < 4.78 is 11.0. The lowest BCUT2D eigenvalue weighted by Crippen LogP contribution is -2.38. The van der Waals surface area contributed by atoms with Crippen molar-refractivity contribution in [1.82, 2.24) is 14.9 Å². The van der Waals surface area contributed by atoms with Gasteiger partial charge in [-0.1, -0.05) is 11.6 Å². The lowest BCUT2D eigenvalue weighted by Gasteiger charge is -2.26. The van der Waals surface area contributed by atoms with Crippen LogP contribution in [0.2, 0.25) is 0 Å². The van der Waals surface area contributed by atoms with E-state index in [2.05, 4.69) is 20.0 Å². The lowest BCUT2D eigenvalue weighted by atomic mass is 10.0. The number of aromatic hydroxyl groups is 1. The average molecular weight is 372 g/mol. The molecule has 0 amide bonds. The Hall–Kier alpha value is -2.91. The Kier molecular flexibility index (Phi) is 6.05. The van der Waals surface area contributed by atoms with E-state index in [1.807, 2.05) is 6.92 Å². The van der Waals surface area contributed by atoms with E-state index in [0.717, 1.165) is 38.4 Å². The van der Waals surface area contributed by atoms with Crippen molar-refractivity contribution in [3.63, 3.8) is 0 Å². The van der Waals surface area contributed by atoms with Crippen molar-refractivity contribution >= 4 is 11.5 Å². The molecular formula is C18H24N6O3. The van der Waals surface area contributed by atoms with Crippen LogP contribution >= 0.6 is 0 Å². The van der Waals surface area contributed by atoms with Gasteiger partial charge >= 0.3 is 6.01 Å². The standard InChI is InChI=1S/C18H24N6O3/c1-12-2-3-15(25)13(10-12)17(23-20)14-11-16(19)22-18(21-14)27-9-6-24-4-7-26-8-5-24/h2-3,10-11,25H,4-9,20H2,1H3,(H2,19,21,22). The monoisotopic (exact) mass is 372 g/mol. The summed E-state index contributed by atoms with van der Waals surface area (Å²) in [6.07, 6.45) is 0. The van der Waals surface area contributed by atoms with E-state index in [1.54, 1.807) is 24.3 Å². The normalized spacial score (nSPS) is 15.7. The Morgan fingerprint density at radius 1 is 1.30 bits per heavy atom. The molecule has 1 aromatic heterocycles. The van der Waals surface area contributed by atoms with Crippen LogP contribution in [0.25, 0.3) is 0 Å². The van der Waals surface area contributed by atoms with Crippen molar-refractivity contribution in [2.75, 3.05) is 45.2 Å². The molecule has 1 saturated heterocycles. The molecular weight excluding hydrogens is 348 g/mol. The fraction of sp³-hybridized carbons (Fsp3) is 0.389. The first-order valence-corrected chi connectivity index (χ1v) is 8.72. The van der Waals surface area contributed by atoms with E-state index >= 15 is 0 Å². The summed E-state index contributed by atoms with van der Waals surface area (Å²) in [5, 5.41) is 14.0. The maximum Gasteiger partial charge on any atom is 0.319 e. The van der Waals surface area contributed by atoms with Gasteiger partial charge in [-0.25, -0.2) is 0 Å². The second-order valence-corrected chi connectivity index (χ2v) is 6.26. The number of aromatic nitrogens is 2. The zero-order valence-corrected chi connectivity index (χ0v) is 15.3. The summed E-state index contributed by atoms with van der Waals surface area (Å²) in [5.41, 5.74) is 8.01. The van der Waals surface area contributed by atoms with Gasteiger partial charge in [0.25, 0.3) is 0 Å². The molecule has 9 heteroatoms. The number of ether oxygens (including phenoxy) is 2. The maximum atomic E-state index is 10.2. The van der Waals surface area contributed by atoms with E-state index < -0.39 is 0 Å². The third-order valence-electron chi connectivity index (χ3n) is 4.25. The number of nitrogen functional groups attached to an aromatic ring is 1. The van der Waals surface area contributed by atoms with E-state index in [0.29, 0.717) is 23.6 Å². The van der Waals surface area contributed by atoms with Crippen LogP contribution in [-0.4, -0.2) is 65.1 Å². The Balaban J connectivity index is 1.76. The predicted octanol–water partition coefficient (Wildman–Crippen LogP) is 0.495. The van der Waals surface area contributed by atoms with Crippen LogP contribution in [0.15, 0.2) is 29.4 Å². The van der Waals surface area contributed by atoms with Gasteiger partial charge in [0.1, 0.15) is 29.6 Å². The second-order valence-electron chi connectivity index (χ2n) is 6.26. The summed E-state index contributed by atoms with van der Waals surface area (Å²) in [6, 6.07) is 6.84. The van der Waals surface area contributed by atoms with Crippen LogP contribution in [0.1, 0.15) is 16.8 Å². The summed E-state index contributed by atoms with van der Waals surface area (Å²) in [5.74, 6) is 5.85. The van der Waals surface area contributed by atoms with Crippen LogP contribution < -0.4 is 16.3 Å². The van der Waals surface area contributed by atoms with Gasteiger partial charge in [0.05, 0.1) is 13.2 Å². The summed E-state index contributed by atoms with van der Waals surface area (Å²) in [6.45, 7) is 6.29. The largest absolute Gasteiger partial charge is 0.507 e. The fourth-order valence-electron chi connectivity index (χ4n) is 2.83. The van der Waals surface area contributed by atoms with Crippen molar-refractivity contribution in [2.45, 2.75) is 6.92 Å². The molecule has 0 atom stereocenters. The number of phenols is 1. The molecule has 1 aliphatic rings. The summed E-state index contributed by atoms with van der Waals surface area (Å²) >= 11 is 0. The minimum absolute atomic E-state index is 0.0526. The fourth-order valence-corrected chi connectivity index (χ4v) is 2.83. The smallest absolute Gasteiger partial charge is 0.319 e. The Morgan fingerprint density at radius 2 is 2.07 bits per heavy atom. The molecule has 2 heterocycles. The Morgan fingerprint density at radius 3 is 2.81 bits per heavy atom. The number of morpholine rings is 1. The second kappa shape index (κ2) is 8.65. The number of benzene rings is 1. The molecule has 0 bridgehead atoms. The van der Waals surface area contributed by atoms with Crippen LogP contribution in [0.5, 0.6) is 11.8 Å². The van der Waals surface area contributed by atoms with E-state index in [9.17, 15) is 5.11 Å². The molecule has 27 heavy (non-hydrogen) atoms. The number of hydrogen-bond donors (Lipinski definition) is 3. The Bertz CT molecular complexity index is 821. The summed E-state index contributed by atoms with van der Waals surface area (Å²) in [4.78, 5) is 10.7. The number of hydrogen-bond acceptors (Lipinski definition) is 9. The molecule has 5 N–H and O–H groups in total. The van der Waals surface area contributed by atoms with Crippen molar-refractivity contribution in [3.05, 3.63) is 41.1 Å². The Labute approximate surface area is 157 Å². The average Bonchev–Trinajstić information content (AvgIpc) is 2.66. The topological polar surface area (TPSA) is 132 Å². The van der Waals surface area contributed by atoms with E-state index in [4.69, 9.17) is 21.1 Å². The van der Waals surface area contributed by atoms with Crippen LogP contribution in [0.3, 0.4) is 0 Å². The highest BCUT2D eigenvalue weighted by Crippen LogP contribution is 2.23. The van der Waals surface area contributed by atoms with E-state index in [-0.39, 0.29) is 17.6 Å². The highest BCUT2D eigenvalue weighted by atomic mass is 16.5. The van der Waals surface area contributed by atoms with Gasteiger partial charge in [0.2, 0.25) is 0 Å². The molecule has 1 fully saturated rings. The molecule has 0 saturated carbocycles. The number of nitrogens with two attached hydrogens (primary N) is 2. The third kappa shape index (κ3) is 4.83. The van der Waals surface area contributed by atoms with Crippen molar-refractivity contribution in [3.8, 4) is 11.8 Å². The van der Waals surface area contributed by atoms with Gasteiger partial charge in [0.15, 0.2) is 0 Å². The van der Waals surface area contributed by atoms with Gasteiger partial charge in [-0.15, -0.1) is 0 Å². The summed E-state index contributed by atoms with van der Waals surface area (Å²) in [7, 11) is 0. The first-order valence-electron chi connectivity index (χ1n) is 8.72. The molecule has 1 aromatic carbocycles. The number of rotatable bonds is 6. The highest BCUT2D eigenvalue weighted by molar-refractivity contribution is 6.13. The molecule has 0 unspecified atom stereocenters.